The predicted molar refractivity (Wildman–Crippen MR) is 82.9 cm³/mol. The molecule has 4 heteroatoms. The molecular formula is C15H28N4. The van der Waals surface area contributed by atoms with E-state index >= 15 is 0 Å². The van der Waals surface area contributed by atoms with E-state index in [2.05, 4.69) is 47.9 Å². The van der Waals surface area contributed by atoms with Gasteiger partial charge in [-0.05, 0) is 25.7 Å². The minimum absolute atomic E-state index is 0.543. The van der Waals surface area contributed by atoms with Crippen LogP contribution >= 0.6 is 0 Å². The third kappa shape index (κ3) is 4.37. The van der Waals surface area contributed by atoms with Crippen LogP contribution in [0.5, 0.6) is 0 Å². The molecule has 1 N–H and O–H groups in total. The van der Waals surface area contributed by atoms with Gasteiger partial charge in [0.15, 0.2) is 0 Å². The molecular weight excluding hydrogens is 236 g/mol. The third-order valence-electron chi connectivity index (χ3n) is 3.32. The Morgan fingerprint density at radius 2 is 1.84 bits per heavy atom. The molecule has 1 heterocycles. The van der Waals surface area contributed by atoms with Crippen molar-refractivity contribution >= 4 is 11.6 Å². The second-order valence-electron chi connectivity index (χ2n) is 5.43. The van der Waals surface area contributed by atoms with Gasteiger partial charge in [-0.1, -0.05) is 27.7 Å². The van der Waals surface area contributed by atoms with E-state index in [1.807, 2.05) is 20.0 Å². The summed E-state index contributed by atoms with van der Waals surface area (Å²) in [5.41, 5.74) is 0. The van der Waals surface area contributed by atoms with Crippen molar-refractivity contribution in [1.29, 1.82) is 0 Å². The first-order valence-electron chi connectivity index (χ1n) is 7.31. The van der Waals surface area contributed by atoms with E-state index < -0.39 is 0 Å². The zero-order chi connectivity index (χ0) is 14.4. The fourth-order valence-electron chi connectivity index (χ4n) is 2.38. The number of rotatable bonds is 7. The van der Waals surface area contributed by atoms with Crippen molar-refractivity contribution in [3.05, 3.63) is 11.9 Å². The number of anilines is 2. The highest BCUT2D eigenvalue weighted by Crippen LogP contribution is 2.22. The first-order valence-corrected chi connectivity index (χ1v) is 7.31. The van der Waals surface area contributed by atoms with E-state index in [0.717, 1.165) is 36.8 Å². The number of hydrogen-bond acceptors (Lipinski definition) is 4. The Kier molecular flexibility index (Phi) is 6.06. The molecule has 0 aliphatic rings. The van der Waals surface area contributed by atoms with Gasteiger partial charge >= 0.3 is 0 Å². The number of nitrogens with one attached hydrogen (secondary N) is 1. The summed E-state index contributed by atoms with van der Waals surface area (Å²) in [5.74, 6) is 3.37. The molecule has 0 saturated carbocycles. The van der Waals surface area contributed by atoms with Crippen molar-refractivity contribution in [2.24, 2.45) is 5.92 Å². The van der Waals surface area contributed by atoms with Gasteiger partial charge in [0.1, 0.15) is 17.5 Å². The van der Waals surface area contributed by atoms with E-state index in [0.29, 0.717) is 12.0 Å². The first kappa shape index (κ1) is 15.7. The van der Waals surface area contributed by atoms with Crippen LogP contribution in [0.25, 0.3) is 0 Å². The Hall–Kier alpha value is -1.32. The normalized spacial score (nSPS) is 11.2. The molecule has 1 rings (SSSR count). The molecule has 0 aliphatic heterocycles. The Morgan fingerprint density at radius 3 is 2.32 bits per heavy atom. The average molecular weight is 264 g/mol. The second-order valence-corrected chi connectivity index (χ2v) is 5.43. The second kappa shape index (κ2) is 7.31. The largest absolute Gasteiger partial charge is 0.373 e. The highest BCUT2D eigenvalue weighted by molar-refractivity contribution is 5.49. The summed E-state index contributed by atoms with van der Waals surface area (Å²) < 4.78 is 0. The van der Waals surface area contributed by atoms with Crippen molar-refractivity contribution in [3.8, 4) is 0 Å². The topological polar surface area (TPSA) is 41.0 Å². The molecule has 0 atom stereocenters. The maximum absolute atomic E-state index is 4.63. The standard InChI is InChI=1S/C15H28N4/c1-7-13(8-2)19(10-11(3)4)15-9-14(16-6)17-12(5)18-15/h9,11,13H,7-8,10H2,1-6H3,(H,16,17,18). The molecule has 108 valence electrons. The van der Waals surface area contributed by atoms with Crippen molar-refractivity contribution in [3.63, 3.8) is 0 Å². The van der Waals surface area contributed by atoms with Crippen molar-refractivity contribution in [1.82, 2.24) is 9.97 Å². The van der Waals surface area contributed by atoms with Crippen LogP contribution in [0.3, 0.4) is 0 Å². The van der Waals surface area contributed by atoms with E-state index in [1.54, 1.807) is 0 Å². The highest BCUT2D eigenvalue weighted by atomic mass is 15.2. The lowest BCUT2D eigenvalue weighted by molar-refractivity contribution is 0.503. The van der Waals surface area contributed by atoms with Crippen molar-refractivity contribution in [2.75, 3.05) is 23.8 Å². The average Bonchev–Trinajstić information content (AvgIpc) is 2.37. The lowest BCUT2D eigenvalue weighted by Crippen LogP contribution is -2.38. The number of nitrogens with zero attached hydrogens (tertiary/aromatic N) is 3. The molecule has 0 aliphatic carbocycles. The zero-order valence-electron chi connectivity index (χ0n) is 13.2. The number of aryl methyl sites for hydroxylation is 1. The molecule has 0 saturated heterocycles. The van der Waals surface area contributed by atoms with Crippen molar-refractivity contribution < 1.29 is 0 Å². The van der Waals surface area contributed by atoms with Crippen molar-refractivity contribution in [2.45, 2.75) is 53.5 Å². The van der Waals surface area contributed by atoms with Crippen LogP contribution in [0.4, 0.5) is 11.6 Å². The lowest BCUT2D eigenvalue weighted by Gasteiger charge is -2.33. The van der Waals surface area contributed by atoms with Crippen LogP contribution in [0.2, 0.25) is 0 Å². The van der Waals surface area contributed by atoms with E-state index in [-0.39, 0.29) is 0 Å². The first-order chi connectivity index (χ1) is 9.01. The van der Waals surface area contributed by atoms with Gasteiger partial charge in [-0.2, -0.15) is 0 Å². The summed E-state index contributed by atoms with van der Waals surface area (Å²) in [6.45, 7) is 12.0. The molecule has 0 bridgehead atoms. The summed E-state index contributed by atoms with van der Waals surface area (Å²) in [6.07, 6.45) is 2.28. The van der Waals surface area contributed by atoms with E-state index in [9.17, 15) is 0 Å². The van der Waals surface area contributed by atoms with Crippen LogP contribution in [0.15, 0.2) is 6.07 Å². The van der Waals surface area contributed by atoms with Crippen LogP contribution < -0.4 is 10.2 Å². The third-order valence-corrected chi connectivity index (χ3v) is 3.32. The number of hydrogen-bond donors (Lipinski definition) is 1. The van der Waals surface area contributed by atoms with Gasteiger partial charge in [0.25, 0.3) is 0 Å². The Bertz CT molecular complexity index is 386. The minimum atomic E-state index is 0.543. The Morgan fingerprint density at radius 1 is 1.21 bits per heavy atom. The smallest absolute Gasteiger partial charge is 0.134 e. The molecule has 4 nitrogen and oxygen atoms in total. The van der Waals surface area contributed by atoms with Gasteiger partial charge in [0.2, 0.25) is 0 Å². The Balaban J connectivity index is 3.11. The number of aromatic nitrogens is 2. The van der Waals surface area contributed by atoms with Gasteiger partial charge in [-0.25, -0.2) is 9.97 Å². The summed E-state index contributed by atoms with van der Waals surface area (Å²) >= 11 is 0. The summed E-state index contributed by atoms with van der Waals surface area (Å²) in [7, 11) is 1.90. The van der Waals surface area contributed by atoms with Crippen LogP contribution in [-0.4, -0.2) is 29.6 Å². The quantitative estimate of drug-likeness (QED) is 0.818. The molecule has 1 aromatic heterocycles. The Labute approximate surface area is 117 Å². The molecule has 0 spiro atoms. The van der Waals surface area contributed by atoms with Gasteiger partial charge in [0, 0.05) is 25.7 Å². The summed E-state index contributed by atoms with van der Waals surface area (Å²) in [5, 5.41) is 3.11. The lowest BCUT2D eigenvalue weighted by atomic mass is 10.1. The van der Waals surface area contributed by atoms with Crippen LogP contribution in [-0.2, 0) is 0 Å². The van der Waals surface area contributed by atoms with Crippen LogP contribution in [0.1, 0.15) is 46.4 Å². The highest BCUT2D eigenvalue weighted by Gasteiger charge is 2.19. The summed E-state index contributed by atoms with van der Waals surface area (Å²) in [6, 6.07) is 2.59. The molecule has 0 radical (unpaired) electrons. The molecule has 0 unspecified atom stereocenters. The van der Waals surface area contributed by atoms with Gasteiger partial charge in [-0.15, -0.1) is 0 Å². The monoisotopic (exact) mass is 264 g/mol. The van der Waals surface area contributed by atoms with E-state index in [1.165, 1.54) is 0 Å². The van der Waals surface area contributed by atoms with E-state index in [4.69, 9.17) is 0 Å². The fourth-order valence-corrected chi connectivity index (χ4v) is 2.38. The molecule has 0 fully saturated rings. The minimum Gasteiger partial charge on any atom is -0.373 e. The SMILES string of the molecule is CCC(CC)N(CC(C)C)c1cc(NC)nc(C)n1. The van der Waals surface area contributed by atoms with Crippen LogP contribution in [0, 0.1) is 12.8 Å². The summed E-state index contributed by atoms with van der Waals surface area (Å²) in [4.78, 5) is 11.4. The maximum Gasteiger partial charge on any atom is 0.134 e. The molecule has 0 amide bonds. The molecule has 19 heavy (non-hydrogen) atoms. The maximum atomic E-state index is 4.63. The fraction of sp³-hybridized carbons (Fsp3) is 0.733. The van der Waals surface area contributed by atoms with Gasteiger partial charge in [0.05, 0.1) is 0 Å². The molecule has 1 aromatic rings. The van der Waals surface area contributed by atoms with Gasteiger partial charge in [-0.3, -0.25) is 0 Å². The van der Waals surface area contributed by atoms with Gasteiger partial charge < -0.3 is 10.2 Å². The predicted octanol–water partition coefficient (Wildman–Crippen LogP) is 3.48. The zero-order valence-corrected chi connectivity index (χ0v) is 13.2. The molecule has 0 aromatic carbocycles.